The summed E-state index contributed by atoms with van der Waals surface area (Å²) in [6.07, 6.45) is 1.15. The van der Waals surface area contributed by atoms with Crippen LogP contribution in [0, 0.1) is 6.92 Å². The van der Waals surface area contributed by atoms with Crippen LogP contribution in [0.5, 0.6) is 0 Å². The Bertz CT molecular complexity index is 544. The van der Waals surface area contributed by atoms with E-state index in [0.29, 0.717) is 12.0 Å². The van der Waals surface area contributed by atoms with E-state index in [1.54, 1.807) is 0 Å². The molecule has 0 radical (unpaired) electrons. The van der Waals surface area contributed by atoms with Crippen LogP contribution in [0.1, 0.15) is 41.5 Å². The molecular weight excluding hydrogens is 222 g/mol. The minimum absolute atomic E-state index is 0.304. The van der Waals surface area contributed by atoms with Crippen molar-refractivity contribution in [3.8, 4) is 0 Å². The van der Waals surface area contributed by atoms with E-state index >= 15 is 0 Å². The van der Waals surface area contributed by atoms with Crippen molar-refractivity contribution in [2.24, 2.45) is 0 Å². The first-order valence-electron chi connectivity index (χ1n) is 6.67. The van der Waals surface area contributed by atoms with Crippen LogP contribution in [0.2, 0.25) is 0 Å². The average Bonchev–Trinajstić information content (AvgIpc) is 2.76. The molecule has 0 amide bonds. The molecule has 0 bridgehead atoms. The Labute approximate surface area is 108 Å². The maximum absolute atomic E-state index is 5.81. The van der Waals surface area contributed by atoms with Crippen LogP contribution >= 0.6 is 0 Å². The number of benzene rings is 1. The lowest BCUT2D eigenvalue weighted by Gasteiger charge is -2.36. The number of likely N-dealkylation sites (N-methyl/N-ethyl adjacent to an activating group) is 1. The minimum atomic E-state index is 0.304. The van der Waals surface area contributed by atoms with Gasteiger partial charge < -0.3 is 9.73 Å². The van der Waals surface area contributed by atoms with E-state index in [1.807, 2.05) is 13.0 Å². The SMILES string of the molecule is CCNC(c1ccc(C)o1)C1Cc2ccccc21. The van der Waals surface area contributed by atoms with Gasteiger partial charge >= 0.3 is 0 Å². The van der Waals surface area contributed by atoms with Crippen LogP contribution in [0.25, 0.3) is 0 Å². The molecule has 1 heterocycles. The van der Waals surface area contributed by atoms with E-state index in [-0.39, 0.29) is 0 Å². The predicted octanol–water partition coefficient (Wildman–Crippen LogP) is 3.58. The lowest BCUT2D eigenvalue weighted by molar-refractivity contribution is 0.343. The Kier molecular flexibility index (Phi) is 2.96. The van der Waals surface area contributed by atoms with E-state index < -0.39 is 0 Å². The highest BCUT2D eigenvalue weighted by molar-refractivity contribution is 5.42. The first kappa shape index (κ1) is 11.5. The first-order valence-corrected chi connectivity index (χ1v) is 6.67. The van der Waals surface area contributed by atoms with Gasteiger partial charge in [0.05, 0.1) is 6.04 Å². The molecule has 1 aliphatic rings. The number of hydrogen-bond acceptors (Lipinski definition) is 2. The fraction of sp³-hybridized carbons (Fsp3) is 0.375. The number of furan rings is 1. The van der Waals surface area contributed by atoms with Crippen LogP contribution in [0.4, 0.5) is 0 Å². The molecular formula is C16H19NO. The maximum atomic E-state index is 5.81. The Hall–Kier alpha value is -1.54. The molecule has 0 saturated carbocycles. The zero-order valence-electron chi connectivity index (χ0n) is 10.9. The van der Waals surface area contributed by atoms with Gasteiger partial charge in [-0.15, -0.1) is 0 Å². The van der Waals surface area contributed by atoms with Crippen molar-refractivity contribution >= 4 is 0 Å². The third-order valence-electron chi connectivity index (χ3n) is 3.79. The summed E-state index contributed by atoms with van der Waals surface area (Å²) >= 11 is 0. The van der Waals surface area contributed by atoms with Crippen LogP contribution in [0.15, 0.2) is 40.8 Å². The summed E-state index contributed by atoms with van der Waals surface area (Å²) in [5.74, 6) is 2.60. The standard InChI is InChI=1S/C16H19NO/c1-3-17-16(15-9-8-11(2)18-15)14-10-12-6-4-5-7-13(12)14/h4-9,14,16-17H,3,10H2,1-2H3. The van der Waals surface area contributed by atoms with Crippen LogP contribution in [-0.2, 0) is 6.42 Å². The van der Waals surface area contributed by atoms with Crippen LogP contribution < -0.4 is 5.32 Å². The maximum Gasteiger partial charge on any atom is 0.121 e. The molecule has 2 aromatic rings. The average molecular weight is 241 g/mol. The zero-order chi connectivity index (χ0) is 12.5. The van der Waals surface area contributed by atoms with Crippen molar-refractivity contribution < 1.29 is 4.42 Å². The van der Waals surface area contributed by atoms with Gasteiger partial charge in [-0.05, 0) is 43.1 Å². The van der Waals surface area contributed by atoms with Gasteiger partial charge in [0.1, 0.15) is 11.5 Å². The molecule has 0 fully saturated rings. The third kappa shape index (κ3) is 1.87. The molecule has 94 valence electrons. The van der Waals surface area contributed by atoms with Crippen molar-refractivity contribution in [1.29, 1.82) is 0 Å². The molecule has 0 saturated heterocycles. The van der Waals surface area contributed by atoms with E-state index in [4.69, 9.17) is 4.42 Å². The smallest absolute Gasteiger partial charge is 0.121 e. The quantitative estimate of drug-likeness (QED) is 0.885. The highest BCUT2D eigenvalue weighted by Crippen LogP contribution is 2.43. The summed E-state index contributed by atoms with van der Waals surface area (Å²) in [7, 11) is 0. The summed E-state index contributed by atoms with van der Waals surface area (Å²) < 4.78 is 5.81. The molecule has 18 heavy (non-hydrogen) atoms. The summed E-state index contributed by atoms with van der Waals surface area (Å²) in [5.41, 5.74) is 2.95. The van der Waals surface area contributed by atoms with Crippen molar-refractivity contribution in [3.05, 3.63) is 59.0 Å². The number of rotatable bonds is 4. The Morgan fingerprint density at radius 2 is 2.11 bits per heavy atom. The Balaban J connectivity index is 1.89. The monoisotopic (exact) mass is 241 g/mol. The third-order valence-corrected chi connectivity index (χ3v) is 3.79. The fourth-order valence-corrected chi connectivity index (χ4v) is 2.88. The normalized spacial score (nSPS) is 19.1. The molecule has 0 aliphatic heterocycles. The predicted molar refractivity (Wildman–Crippen MR) is 72.7 cm³/mol. The van der Waals surface area contributed by atoms with Crippen molar-refractivity contribution in [2.75, 3.05) is 6.54 Å². The molecule has 0 spiro atoms. The van der Waals surface area contributed by atoms with Gasteiger partial charge in [-0.25, -0.2) is 0 Å². The molecule has 1 N–H and O–H groups in total. The highest BCUT2D eigenvalue weighted by atomic mass is 16.3. The summed E-state index contributed by atoms with van der Waals surface area (Å²) in [6.45, 7) is 5.11. The lowest BCUT2D eigenvalue weighted by Crippen LogP contribution is -2.33. The van der Waals surface area contributed by atoms with Gasteiger partial charge in [0.2, 0.25) is 0 Å². The van der Waals surface area contributed by atoms with E-state index in [1.165, 1.54) is 11.1 Å². The van der Waals surface area contributed by atoms with Gasteiger partial charge in [-0.1, -0.05) is 31.2 Å². The second-order valence-corrected chi connectivity index (χ2v) is 4.99. The van der Waals surface area contributed by atoms with Crippen LogP contribution in [-0.4, -0.2) is 6.54 Å². The Morgan fingerprint density at radius 1 is 1.28 bits per heavy atom. The molecule has 2 heteroatoms. The molecule has 3 rings (SSSR count). The minimum Gasteiger partial charge on any atom is -0.465 e. The largest absolute Gasteiger partial charge is 0.465 e. The lowest BCUT2D eigenvalue weighted by atomic mass is 9.73. The Morgan fingerprint density at radius 3 is 2.78 bits per heavy atom. The van der Waals surface area contributed by atoms with E-state index in [0.717, 1.165) is 24.5 Å². The zero-order valence-corrected chi connectivity index (χ0v) is 10.9. The van der Waals surface area contributed by atoms with E-state index in [9.17, 15) is 0 Å². The molecule has 2 unspecified atom stereocenters. The molecule has 1 aromatic carbocycles. The summed E-state index contributed by atoms with van der Waals surface area (Å²) in [6, 6.07) is 13.2. The van der Waals surface area contributed by atoms with Gasteiger partial charge in [-0.3, -0.25) is 0 Å². The second kappa shape index (κ2) is 4.62. The summed E-state index contributed by atoms with van der Waals surface area (Å²) in [5, 5.41) is 3.56. The molecule has 2 nitrogen and oxygen atoms in total. The van der Waals surface area contributed by atoms with Gasteiger partial charge in [0, 0.05) is 5.92 Å². The van der Waals surface area contributed by atoms with Gasteiger partial charge in [0.25, 0.3) is 0 Å². The highest BCUT2D eigenvalue weighted by Gasteiger charge is 2.34. The van der Waals surface area contributed by atoms with Crippen molar-refractivity contribution in [2.45, 2.75) is 32.2 Å². The molecule has 1 aliphatic carbocycles. The van der Waals surface area contributed by atoms with Crippen molar-refractivity contribution in [1.82, 2.24) is 5.32 Å². The number of nitrogens with one attached hydrogen (secondary N) is 1. The van der Waals surface area contributed by atoms with Gasteiger partial charge in [0.15, 0.2) is 0 Å². The van der Waals surface area contributed by atoms with Gasteiger partial charge in [-0.2, -0.15) is 0 Å². The molecule has 2 atom stereocenters. The fourth-order valence-electron chi connectivity index (χ4n) is 2.88. The molecule has 1 aromatic heterocycles. The van der Waals surface area contributed by atoms with Crippen LogP contribution in [0.3, 0.4) is 0 Å². The van der Waals surface area contributed by atoms with E-state index in [2.05, 4.69) is 42.6 Å². The topological polar surface area (TPSA) is 25.2 Å². The summed E-state index contributed by atoms with van der Waals surface area (Å²) in [4.78, 5) is 0. The van der Waals surface area contributed by atoms with Crippen molar-refractivity contribution in [3.63, 3.8) is 0 Å². The second-order valence-electron chi connectivity index (χ2n) is 4.99. The first-order chi connectivity index (χ1) is 8.79. The number of hydrogen-bond donors (Lipinski definition) is 1. The number of fused-ring (bicyclic) bond motifs is 1. The number of aryl methyl sites for hydroxylation is 1.